The summed E-state index contributed by atoms with van der Waals surface area (Å²) in [6.45, 7) is 2.81. The number of ether oxygens (including phenoxy) is 1. The largest absolute Gasteiger partial charge is 0.372 e. The van der Waals surface area contributed by atoms with Crippen LogP contribution in [0.25, 0.3) is 11.4 Å². The SMILES string of the molecule is CCOCc1nc(-c2cccc(NC(=O)C3CC3)c2)no1. The van der Waals surface area contributed by atoms with Gasteiger partial charge in [0.15, 0.2) is 0 Å². The van der Waals surface area contributed by atoms with Crippen molar-refractivity contribution in [3.05, 3.63) is 30.2 Å². The quantitative estimate of drug-likeness (QED) is 0.883. The Balaban J connectivity index is 1.72. The van der Waals surface area contributed by atoms with Crippen LogP contribution in [0.2, 0.25) is 0 Å². The van der Waals surface area contributed by atoms with Crippen molar-refractivity contribution in [2.75, 3.05) is 11.9 Å². The van der Waals surface area contributed by atoms with E-state index in [1.165, 1.54) is 0 Å². The van der Waals surface area contributed by atoms with Crippen LogP contribution in [-0.2, 0) is 16.1 Å². The number of hydrogen-bond donors (Lipinski definition) is 1. The number of carbonyl (C=O) groups excluding carboxylic acids is 1. The molecular formula is C15H17N3O3. The Kier molecular flexibility index (Phi) is 3.96. The van der Waals surface area contributed by atoms with Crippen LogP contribution >= 0.6 is 0 Å². The zero-order valence-electron chi connectivity index (χ0n) is 11.8. The first-order valence-electron chi connectivity index (χ1n) is 7.08. The van der Waals surface area contributed by atoms with Crippen molar-refractivity contribution in [1.82, 2.24) is 10.1 Å². The number of carbonyl (C=O) groups is 1. The van der Waals surface area contributed by atoms with Crippen LogP contribution in [-0.4, -0.2) is 22.7 Å². The van der Waals surface area contributed by atoms with Crippen LogP contribution in [0.1, 0.15) is 25.7 Å². The van der Waals surface area contributed by atoms with Gasteiger partial charge in [0.25, 0.3) is 5.89 Å². The number of nitrogens with one attached hydrogen (secondary N) is 1. The molecule has 0 spiro atoms. The minimum absolute atomic E-state index is 0.0808. The predicted octanol–water partition coefficient (Wildman–Crippen LogP) is 2.62. The molecule has 0 unspecified atom stereocenters. The molecule has 2 aromatic rings. The number of nitrogens with zero attached hydrogens (tertiary/aromatic N) is 2. The standard InChI is InChI=1S/C15H17N3O3/c1-2-20-9-13-17-14(18-21-13)11-4-3-5-12(8-11)16-15(19)10-6-7-10/h3-5,8,10H,2,6-7,9H2,1H3,(H,16,19). The third kappa shape index (κ3) is 3.46. The minimum atomic E-state index is 0.0808. The third-order valence-electron chi connectivity index (χ3n) is 3.23. The monoisotopic (exact) mass is 287 g/mol. The van der Waals surface area contributed by atoms with E-state index < -0.39 is 0 Å². The lowest BCUT2D eigenvalue weighted by molar-refractivity contribution is -0.117. The second-order valence-corrected chi connectivity index (χ2v) is 4.99. The molecule has 21 heavy (non-hydrogen) atoms. The van der Waals surface area contributed by atoms with Crippen LogP contribution in [0.3, 0.4) is 0 Å². The summed E-state index contributed by atoms with van der Waals surface area (Å²) in [5.41, 5.74) is 1.55. The maximum Gasteiger partial charge on any atom is 0.252 e. The molecule has 1 amide bonds. The molecule has 1 aromatic carbocycles. The maximum absolute atomic E-state index is 11.8. The Labute approximate surface area is 122 Å². The van der Waals surface area contributed by atoms with Gasteiger partial charge in [-0.2, -0.15) is 4.98 Å². The van der Waals surface area contributed by atoms with E-state index in [1.807, 2.05) is 31.2 Å². The van der Waals surface area contributed by atoms with E-state index in [0.29, 0.717) is 24.9 Å². The molecule has 0 bridgehead atoms. The number of amides is 1. The van der Waals surface area contributed by atoms with Gasteiger partial charge < -0.3 is 14.6 Å². The lowest BCUT2D eigenvalue weighted by atomic mass is 10.2. The van der Waals surface area contributed by atoms with Gasteiger partial charge >= 0.3 is 0 Å². The summed E-state index contributed by atoms with van der Waals surface area (Å²) in [5.74, 6) is 1.19. The Hall–Kier alpha value is -2.21. The zero-order valence-corrected chi connectivity index (χ0v) is 11.8. The van der Waals surface area contributed by atoms with Crippen molar-refractivity contribution in [2.24, 2.45) is 5.92 Å². The zero-order chi connectivity index (χ0) is 14.7. The van der Waals surface area contributed by atoms with E-state index in [4.69, 9.17) is 9.26 Å². The number of aromatic nitrogens is 2. The normalized spacial score (nSPS) is 14.1. The third-order valence-corrected chi connectivity index (χ3v) is 3.23. The van der Waals surface area contributed by atoms with E-state index in [0.717, 1.165) is 24.1 Å². The van der Waals surface area contributed by atoms with Gasteiger partial charge in [0.2, 0.25) is 11.7 Å². The van der Waals surface area contributed by atoms with Gasteiger partial charge in [0.1, 0.15) is 6.61 Å². The fraction of sp³-hybridized carbons (Fsp3) is 0.400. The molecule has 1 aliphatic rings. The number of benzene rings is 1. The molecule has 1 N–H and O–H groups in total. The summed E-state index contributed by atoms with van der Waals surface area (Å²) in [4.78, 5) is 16.0. The highest BCUT2D eigenvalue weighted by molar-refractivity contribution is 5.94. The smallest absolute Gasteiger partial charge is 0.252 e. The first-order valence-corrected chi connectivity index (χ1v) is 7.08. The molecule has 0 atom stereocenters. The van der Waals surface area contributed by atoms with Gasteiger partial charge in [-0.05, 0) is 31.9 Å². The van der Waals surface area contributed by atoms with Gasteiger partial charge in [-0.1, -0.05) is 17.3 Å². The number of rotatable bonds is 6. The van der Waals surface area contributed by atoms with E-state index in [9.17, 15) is 4.79 Å². The molecule has 110 valence electrons. The van der Waals surface area contributed by atoms with Crippen molar-refractivity contribution >= 4 is 11.6 Å². The topological polar surface area (TPSA) is 77.2 Å². The van der Waals surface area contributed by atoms with E-state index >= 15 is 0 Å². The average molecular weight is 287 g/mol. The lowest BCUT2D eigenvalue weighted by Crippen LogP contribution is -2.13. The first-order chi connectivity index (χ1) is 10.3. The Bertz CT molecular complexity index is 635. The summed E-state index contributed by atoms with van der Waals surface area (Å²) in [6.07, 6.45) is 1.97. The second kappa shape index (κ2) is 6.05. The van der Waals surface area contributed by atoms with E-state index in [1.54, 1.807) is 0 Å². The number of hydrogen-bond acceptors (Lipinski definition) is 5. The summed E-state index contributed by atoms with van der Waals surface area (Å²) in [6, 6.07) is 7.43. The number of anilines is 1. The second-order valence-electron chi connectivity index (χ2n) is 4.99. The highest BCUT2D eigenvalue weighted by Crippen LogP contribution is 2.30. The fourth-order valence-electron chi connectivity index (χ4n) is 1.95. The van der Waals surface area contributed by atoms with Gasteiger partial charge in [-0.3, -0.25) is 4.79 Å². The predicted molar refractivity (Wildman–Crippen MR) is 76.4 cm³/mol. The van der Waals surface area contributed by atoms with Crippen LogP contribution < -0.4 is 5.32 Å². The van der Waals surface area contributed by atoms with Gasteiger partial charge in [-0.15, -0.1) is 0 Å². The Morgan fingerprint density at radius 1 is 1.48 bits per heavy atom. The summed E-state index contributed by atoms with van der Waals surface area (Å²) < 4.78 is 10.3. The molecule has 6 heteroatoms. The van der Waals surface area contributed by atoms with Crippen LogP contribution in [0.4, 0.5) is 5.69 Å². The highest BCUT2D eigenvalue weighted by Gasteiger charge is 2.29. The summed E-state index contributed by atoms with van der Waals surface area (Å²) in [5, 5.41) is 6.83. The van der Waals surface area contributed by atoms with Gasteiger partial charge in [0.05, 0.1) is 0 Å². The molecule has 0 saturated heterocycles. The minimum Gasteiger partial charge on any atom is -0.372 e. The molecular weight excluding hydrogens is 270 g/mol. The molecule has 1 fully saturated rings. The molecule has 0 radical (unpaired) electrons. The van der Waals surface area contributed by atoms with Gasteiger partial charge in [0, 0.05) is 23.8 Å². The molecule has 1 aliphatic carbocycles. The van der Waals surface area contributed by atoms with Crippen molar-refractivity contribution in [1.29, 1.82) is 0 Å². The summed E-state index contributed by atoms with van der Waals surface area (Å²) in [7, 11) is 0. The molecule has 6 nitrogen and oxygen atoms in total. The van der Waals surface area contributed by atoms with Crippen molar-refractivity contribution in [3.63, 3.8) is 0 Å². The van der Waals surface area contributed by atoms with Crippen molar-refractivity contribution < 1.29 is 14.1 Å². The van der Waals surface area contributed by atoms with Crippen molar-refractivity contribution in [3.8, 4) is 11.4 Å². The Morgan fingerprint density at radius 2 is 2.33 bits per heavy atom. The van der Waals surface area contributed by atoms with E-state index in [2.05, 4.69) is 15.5 Å². The Morgan fingerprint density at radius 3 is 3.10 bits per heavy atom. The first kappa shape index (κ1) is 13.8. The fourth-order valence-corrected chi connectivity index (χ4v) is 1.95. The molecule has 0 aliphatic heterocycles. The molecule has 1 heterocycles. The van der Waals surface area contributed by atoms with Crippen molar-refractivity contribution in [2.45, 2.75) is 26.4 Å². The maximum atomic E-state index is 11.8. The van der Waals surface area contributed by atoms with Crippen LogP contribution in [0, 0.1) is 5.92 Å². The molecule has 1 aromatic heterocycles. The average Bonchev–Trinajstić information content (AvgIpc) is 3.24. The van der Waals surface area contributed by atoms with E-state index in [-0.39, 0.29) is 11.8 Å². The van der Waals surface area contributed by atoms with Gasteiger partial charge in [-0.25, -0.2) is 0 Å². The van der Waals surface area contributed by atoms with Crippen LogP contribution in [0.15, 0.2) is 28.8 Å². The molecule has 3 rings (SSSR count). The van der Waals surface area contributed by atoms with Crippen LogP contribution in [0.5, 0.6) is 0 Å². The highest BCUT2D eigenvalue weighted by atomic mass is 16.5. The molecule has 1 saturated carbocycles. The summed E-state index contributed by atoms with van der Waals surface area (Å²) >= 11 is 0. The lowest BCUT2D eigenvalue weighted by Gasteiger charge is -2.04.